The van der Waals surface area contributed by atoms with Crippen LogP contribution < -0.4 is 5.32 Å². The maximum Gasteiger partial charge on any atom is 0.0825 e. The first-order valence-corrected chi connectivity index (χ1v) is 7.01. The van der Waals surface area contributed by atoms with Gasteiger partial charge in [-0.25, -0.2) is 0 Å². The van der Waals surface area contributed by atoms with E-state index in [-0.39, 0.29) is 0 Å². The van der Waals surface area contributed by atoms with Gasteiger partial charge in [0.1, 0.15) is 0 Å². The highest BCUT2D eigenvalue weighted by molar-refractivity contribution is 7.09. The maximum absolute atomic E-state index is 5.61. The number of thiazole rings is 1. The number of nitrogens with zero attached hydrogens (tertiary/aromatic N) is 1. The number of ether oxygens (including phenoxy) is 1. The van der Waals surface area contributed by atoms with Gasteiger partial charge in [-0.1, -0.05) is 6.42 Å². The summed E-state index contributed by atoms with van der Waals surface area (Å²) in [7, 11) is 0. The second kappa shape index (κ2) is 6.99. The average molecular weight is 240 g/mol. The van der Waals surface area contributed by atoms with E-state index in [9.17, 15) is 0 Å². The van der Waals surface area contributed by atoms with E-state index >= 15 is 0 Å². The summed E-state index contributed by atoms with van der Waals surface area (Å²) in [5.41, 5.74) is 1.85. The van der Waals surface area contributed by atoms with Crippen molar-refractivity contribution < 1.29 is 4.74 Å². The van der Waals surface area contributed by atoms with E-state index in [0.29, 0.717) is 0 Å². The summed E-state index contributed by atoms with van der Waals surface area (Å²) in [5, 5.41) is 3.56. The predicted octanol–water partition coefficient (Wildman–Crippen LogP) is 2.58. The lowest BCUT2D eigenvalue weighted by Crippen LogP contribution is -2.33. The highest BCUT2D eigenvalue weighted by Crippen LogP contribution is 2.12. The molecule has 1 atom stereocenters. The molecule has 0 unspecified atom stereocenters. The summed E-state index contributed by atoms with van der Waals surface area (Å²) in [6.45, 7) is 2.80. The Morgan fingerprint density at radius 2 is 2.50 bits per heavy atom. The van der Waals surface area contributed by atoms with E-state index in [1.165, 1.54) is 37.1 Å². The van der Waals surface area contributed by atoms with Crippen molar-refractivity contribution in [1.29, 1.82) is 0 Å². The third-order valence-electron chi connectivity index (χ3n) is 2.98. The monoisotopic (exact) mass is 240 g/mol. The van der Waals surface area contributed by atoms with Crippen LogP contribution in [0.3, 0.4) is 0 Å². The van der Waals surface area contributed by atoms with Gasteiger partial charge in [0.05, 0.1) is 17.0 Å². The zero-order valence-electron chi connectivity index (χ0n) is 9.65. The van der Waals surface area contributed by atoms with Crippen LogP contribution in [0.1, 0.15) is 37.0 Å². The van der Waals surface area contributed by atoms with Gasteiger partial charge < -0.3 is 10.1 Å². The van der Waals surface area contributed by atoms with Crippen LogP contribution >= 0.6 is 11.3 Å². The molecule has 0 bridgehead atoms. The van der Waals surface area contributed by atoms with Gasteiger partial charge in [0.2, 0.25) is 0 Å². The van der Waals surface area contributed by atoms with Gasteiger partial charge in [0.25, 0.3) is 0 Å². The Bertz CT molecular complexity index is 271. The van der Waals surface area contributed by atoms with Gasteiger partial charge in [-0.15, -0.1) is 11.3 Å². The predicted molar refractivity (Wildman–Crippen MR) is 66.6 cm³/mol. The third kappa shape index (κ3) is 4.20. The number of aromatic nitrogens is 1. The molecule has 1 aliphatic rings. The average Bonchev–Trinajstić information content (AvgIpc) is 2.83. The van der Waals surface area contributed by atoms with Gasteiger partial charge in [0, 0.05) is 18.8 Å². The molecule has 0 aliphatic carbocycles. The first-order chi connectivity index (χ1) is 7.95. The van der Waals surface area contributed by atoms with Crippen LogP contribution in [0.5, 0.6) is 0 Å². The van der Waals surface area contributed by atoms with Crippen LogP contribution in [0.4, 0.5) is 0 Å². The zero-order chi connectivity index (χ0) is 11.1. The van der Waals surface area contributed by atoms with Crippen LogP contribution in [-0.4, -0.2) is 24.2 Å². The molecule has 0 aromatic carbocycles. The minimum Gasteiger partial charge on any atom is -0.376 e. The molecular weight excluding hydrogens is 220 g/mol. The molecule has 2 heterocycles. The molecule has 0 radical (unpaired) electrons. The fourth-order valence-corrected chi connectivity index (χ4v) is 2.62. The minimum absolute atomic E-state index is 0.725. The van der Waals surface area contributed by atoms with Crippen molar-refractivity contribution in [2.75, 3.05) is 13.2 Å². The first kappa shape index (κ1) is 12.0. The van der Waals surface area contributed by atoms with E-state index in [4.69, 9.17) is 4.74 Å². The van der Waals surface area contributed by atoms with Crippen molar-refractivity contribution >= 4 is 11.3 Å². The quantitative estimate of drug-likeness (QED) is 0.776. The van der Waals surface area contributed by atoms with Crippen LogP contribution in [0.15, 0.2) is 11.7 Å². The Labute approximate surface area is 101 Å². The van der Waals surface area contributed by atoms with Gasteiger partial charge in [-0.05, 0) is 32.2 Å². The second-order valence-corrected chi connectivity index (χ2v) is 5.28. The number of piperidine rings is 1. The molecule has 0 amide bonds. The van der Waals surface area contributed by atoms with Crippen LogP contribution in [0.2, 0.25) is 0 Å². The Balaban J connectivity index is 1.48. The summed E-state index contributed by atoms with van der Waals surface area (Å²) >= 11 is 1.66. The lowest BCUT2D eigenvalue weighted by Gasteiger charge is -2.23. The summed E-state index contributed by atoms with van der Waals surface area (Å²) in [4.78, 5) is 5.24. The largest absolute Gasteiger partial charge is 0.376 e. The second-order valence-electron chi connectivity index (χ2n) is 4.31. The van der Waals surface area contributed by atoms with E-state index in [1.807, 2.05) is 11.7 Å². The van der Waals surface area contributed by atoms with Crippen molar-refractivity contribution in [2.24, 2.45) is 0 Å². The molecule has 16 heavy (non-hydrogen) atoms. The standard InChI is InChI=1S/C12H20N2OS/c1-2-6-14-11(4-1)5-3-7-15-9-12-8-13-10-16-12/h8,10-11,14H,1-7,9H2/t11-/m0/s1. The molecule has 1 fully saturated rings. The third-order valence-corrected chi connectivity index (χ3v) is 3.73. The van der Waals surface area contributed by atoms with Crippen molar-refractivity contribution in [1.82, 2.24) is 10.3 Å². The number of hydrogen-bond acceptors (Lipinski definition) is 4. The highest BCUT2D eigenvalue weighted by Gasteiger charge is 2.11. The SMILES string of the molecule is c1ncc(COCCC[C@@H]2CCCCN2)s1. The topological polar surface area (TPSA) is 34.1 Å². The number of nitrogens with one attached hydrogen (secondary N) is 1. The van der Waals surface area contributed by atoms with Gasteiger partial charge >= 0.3 is 0 Å². The number of hydrogen-bond donors (Lipinski definition) is 1. The molecule has 0 spiro atoms. The summed E-state index contributed by atoms with van der Waals surface area (Å²) in [5.74, 6) is 0. The van der Waals surface area contributed by atoms with Crippen molar-refractivity contribution in [3.63, 3.8) is 0 Å². The Morgan fingerprint density at radius 1 is 1.50 bits per heavy atom. The smallest absolute Gasteiger partial charge is 0.0825 e. The zero-order valence-corrected chi connectivity index (χ0v) is 10.5. The van der Waals surface area contributed by atoms with E-state index in [2.05, 4.69) is 10.3 Å². The first-order valence-electron chi connectivity index (χ1n) is 6.13. The van der Waals surface area contributed by atoms with Crippen LogP contribution in [0.25, 0.3) is 0 Å². The summed E-state index contributed by atoms with van der Waals surface area (Å²) in [6.07, 6.45) is 8.37. The van der Waals surface area contributed by atoms with Gasteiger partial charge in [-0.3, -0.25) is 4.98 Å². The highest BCUT2D eigenvalue weighted by atomic mass is 32.1. The Morgan fingerprint density at radius 3 is 3.25 bits per heavy atom. The molecule has 2 rings (SSSR count). The molecule has 1 saturated heterocycles. The van der Waals surface area contributed by atoms with Crippen molar-refractivity contribution in [3.05, 3.63) is 16.6 Å². The molecule has 1 aromatic heterocycles. The number of rotatable bonds is 6. The molecule has 1 aromatic rings. The lowest BCUT2D eigenvalue weighted by atomic mass is 10.0. The fraction of sp³-hybridized carbons (Fsp3) is 0.750. The van der Waals surface area contributed by atoms with Crippen LogP contribution in [-0.2, 0) is 11.3 Å². The molecule has 1 aliphatic heterocycles. The maximum atomic E-state index is 5.61. The normalized spacial score (nSPS) is 21.1. The Kier molecular flexibility index (Phi) is 5.25. The Hall–Kier alpha value is -0.450. The molecule has 4 heteroatoms. The molecule has 0 saturated carbocycles. The lowest BCUT2D eigenvalue weighted by molar-refractivity contribution is 0.116. The van der Waals surface area contributed by atoms with Gasteiger partial charge in [0.15, 0.2) is 0 Å². The molecule has 90 valence electrons. The van der Waals surface area contributed by atoms with E-state index in [0.717, 1.165) is 25.7 Å². The van der Waals surface area contributed by atoms with Crippen molar-refractivity contribution in [3.8, 4) is 0 Å². The molecular formula is C12H20N2OS. The molecule has 3 nitrogen and oxygen atoms in total. The van der Waals surface area contributed by atoms with Crippen LogP contribution in [0, 0.1) is 0 Å². The van der Waals surface area contributed by atoms with E-state index in [1.54, 1.807) is 11.3 Å². The minimum atomic E-state index is 0.725. The fourth-order valence-electron chi connectivity index (χ4n) is 2.09. The van der Waals surface area contributed by atoms with Crippen molar-refractivity contribution in [2.45, 2.75) is 44.8 Å². The van der Waals surface area contributed by atoms with Gasteiger partial charge in [-0.2, -0.15) is 0 Å². The molecule has 1 N–H and O–H groups in total. The summed E-state index contributed by atoms with van der Waals surface area (Å²) < 4.78 is 5.61. The van der Waals surface area contributed by atoms with E-state index < -0.39 is 0 Å². The summed E-state index contributed by atoms with van der Waals surface area (Å²) in [6, 6.07) is 0.737.